The fraction of sp³-hybridized carbons (Fsp3) is 0.600. The first kappa shape index (κ1) is 20.1. The molecule has 1 aliphatic rings. The lowest BCUT2D eigenvalue weighted by Crippen LogP contribution is -2.33. The van der Waals surface area contributed by atoms with E-state index in [4.69, 9.17) is 4.74 Å². The summed E-state index contributed by atoms with van der Waals surface area (Å²) in [4.78, 5) is 25.9. The molecule has 1 fully saturated rings. The number of amides is 2. The normalized spacial score (nSPS) is 14.7. The Balaban J connectivity index is 1.67. The van der Waals surface area contributed by atoms with E-state index in [-0.39, 0.29) is 5.91 Å². The Kier molecular flexibility index (Phi) is 7.30. The number of carbonyl (C=O) groups excluding carboxylic acids is 2. The first-order valence-corrected chi connectivity index (χ1v) is 9.45. The highest BCUT2D eigenvalue weighted by Gasteiger charge is 2.15. The summed E-state index contributed by atoms with van der Waals surface area (Å²) in [5, 5.41) is 5.55. The van der Waals surface area contributed by atoms with Crippen molar-refractivity contribution in [3.8, 4) is 0 Å². The summed E-state index contributed by atoms with van der Waals surface area (Å²) in [6.45, 7) is 8.08. The molecule has 0 radical (unpaired) electrons. The minimum Gasteiger partial charge on any atom is -0.444 e. The number of rotatable bonds is 6. The Morgan fingerprint density at radius 2 is 1.73 bits per heavy atom. The van der Waals surface area contributed by atoms with E-state index in [1.165, 1.54) is 24.9 Å². The molecule has 0 aromatic heterocycles. The third kappa shape index (κ3) is 7.33. The van der Waals surface area contributed by atoms with Gasteiger partial charge in [0, 0.05) is 37.4 Å². The zero-order chi connectivity index (χ0) is 19.0. The standard InChI is InChI=1S/C20H31N3O3/c1-20(2,3)26-19(25)21-13-7-8-18(24)22-16-9-11-17(12-10-16)23-14-5-4-6-15-23/h9-12H,4-8,13-15H2,1-3H3,(H,21,25)(H,22,24). The van der Waals surface area contributed by atoms with Gasteiger partial charge in [0.25, 0.3) is 0 Å². The molecule has 1 aromatic carbocycles. The van der Waals surface area contributed by atoms with Crippen LogP contribution in [0.2, 0.25) is 0 Å². The minimum absolute atomic E-state index is 0.0540. The fourth-order valence-corrected chi connectivity index (χ4v) is 2.88. The van der Waals surface area contributed by atoms with Crippen molar-refractivity contribution in [2.24, 2.45) is 0 Å². The second-order valence-electron chi connectivity index (χ2n) is 7.67. The highest BCUT2D eigenvalue weighted by atomic mass is 16.6. The van der Waals surface area contributed by atoms with Crippen molar-refractivity contribution in [2.45, 2.75) is 58.5 Å². The van der Waals surface area contributed by atoms with Gasteiger partial charge in [-0.25, -0.2) is 4.79 Å². The number of benzene rings is 1. The molecule has 26 heavy (non-hydrogen) atoms. The van der Waals surface area contributed by atoms with Crippen LogP contribution in [0, 0.1) is 0 Å². The van der Waals surface area contributed by atoms with E-state index < -0.39 is 11.7 Å². The SMILES string of the molecule is CC(C)(C)OC(=O)NCCCC(=O)Nc1ccc(N2CCCCC2)cc1. The number of piperidine rings is 1. The third-order valence-electron chi connectivity index (χ3n) is 4.12. The van der Waals surface area contributed by atoms with Crippen LogP contribution in [0.3, 0.4) is 0 Å². The summed E-state index contributed by atoms with van der Waals surface area (Å²) in [6, 6.07) is 8.01. The maximum Gasteiger partial charge on any atom is 0.407 e. The van der Waals surface area contributed by atoms with Crippen LogP contribution in [0.25, 0.3) is 0 Å². The highest BCUT2D eigenvalue weighted by molar-refractivity contribution is 5.90. The van der Waals surface area contributed by atoms with Crippen molar-refractivity contribution in [3.05, 3.63) is 24.3 Å². The second-order valence-corrected chi connectivity index (χ2v) is 7.67. The van der Waals surface area contributed by atoms with Crippen LogP contribution >= 0.6 is 0 Å². The molecule has 0 spiro atoms. The van der Waals surface area contributed by atoms with Crippen LogP contribution in [0.5, 0.6) is 0 Å². The number of nitrogens with zero attached hydrogens (tertiary/aromatic N) is 1. The van der Waals surface area contributed by atoms with E-state index in [9.17, 15) is 9.59 Å². The molecule has 2 N–H and O–H groups in total. The van der Waals surface area contributed by atoms with Crippen LogP contribution in [0.4, 0.5) is 16.2 Å². The third-order valence-corrected chi connectivity index (χ3v) is 4.12. The summed E-state index contributed by atoms with van der Waals surface area (Å²) in [5.74, 6) is -0.0540. The molecule has 0 bridgehead atoms. The van der Waals surface area contributed by atoms with Gasteiger partial charge in [-0.05, 0) is 70.7 Å². The number of alkyl carbamates (subject to hydrolysis) is 1. The first-order chi connectivity index (χ1) is 12.3. The van der Waals surface area contributed by atoms with Gasteiger partial charge in [-0.2, -0.15) is 0 Å². The molecular formula is C20H31N3O3. The van der Waals surface area contributed by atoms with E-state index >= 15 is 0 Å². The highest BCUT2D eigenvalue weighted by Crippen LogP contribution is 2.21. The second kappa shape index (κ2) is 9.46. The van der Waals surface area contributed by atoms with Crippen LogP contribution in [-0.4, -0.2) is 37.2 Å². The molecule has 144 valence electrons. The largest absolute Gasteiger partial charge is 0.444 e. The Morgan fingerprint density at radius 1 is 1.08 bits per heavy atom. The van der Waals surface area contributed by atoms with Gasteiger partial charge in [-0.3, -0.25) is 4.79 Å². The van der Waals surface area contributed by atoms with Crippen molar-refractivity contribution in [1.29, 1.82) is 0 Å². The summed E-state index contributed by atoms with van der Waals surface area (Å²) in [5.41, 5.74) is 1.50. The Morgan fingerprint density at radius 3 is 2.35 bits per heavy atom. The van der Waals surface area contributed by atoms with Crippen LogP contribution < -0.4 is 15.5 Å². The zero-order valence-corrected chi connectivity index (χ0v) is 16.1. The van der Waals surface area contributed by atoms with Gasteiger partial charge in [0.15, 0.2) is 0 Å². The fourth-order valence-electron chi connectivity index (χ4n) is 2.88. The molecule has 0 aliphatic carbocycles. The topological polar surface area (TPSA) is 70.7 Å². The van der Waals surface area contributed by atoms with Gasteiger partial charge < -0.3 is 20.3 Å². The first-order valence-electron chi connectivity index (χ1n) is 9.45. The monoisotopic (exact) mass is 361 g/mol. The van der Waals surface area contributed by atoms with Crippen molar-refractivity contribution in [2.75, 3.05) is 29.9 Å². The molecule has 0 unspecified atom stereocenters. The molecule has 1 heterocycles. The van der Waals surface area contributed by atoms with Crippen LogP contribution in [0.15, 0.2) is 24.3 Å². The van der Waals surface area contributed by atoms with Gasteiger partial charge in [-0.15, -0.1) is 0 Å². The van der Waals surface area contributed by atoms with Gasteiger partial charge >= 0.3 is 6.09 Å². The van der Waals surface area contributed by atoms with Gasteiger partial charge in [0.1, 0.15) is 5.60 Å². The Labute approximate surface area is 156 Å². The van der Waals surface area contributed by atoms with E-state index in [0.717, 1.165) is 18.8 Å². The molecule has 1 saturated heterocycles. The summed E-state index contributed by atoms with van der Waals surface area (Å²) >= 11 is 0. The van der Waals surface area contributed by atoms with E-state index in [1.54, 1.807) is 0 Å². The molecule has 0 atom stereocenters. The number of hydrogen-bond acceptors (Lipinski definition) is 4. The molecule has 1 aliphatic heterocycles. The van der Waals surface area contributed by atoms with E-state index in [1.807, 2.05) is 32.9 Å². The minimum atomic E-state index is -0.512. The van der Waals surface area contributed by atoms with E-state index in [0.29, 0.717) is 19.4 Å². The number of carbonyl (C=O) groups is 2. The van der Waals surface area contributed by atoms with Crippen molar-refractivity contribution < 1.29 is 14.3 Å². The molecule has 0 saturated carbocycles. The lowest BCUT2D eigenvalue weighted by molar-refractivity contribution is -0.116. The Hall–Kier alpha value is -2.24. The van der Waals surface area contributed by atoms with Gasteiger partial charge in [-0.1, -0.05) is 0 Å². The van der Waals surface area contributed by atoms with Gasteiger partial charge in [0.2, 0.25) is 5.91 Å². The molecular weight excluding hydrogens is 330 g/mol. The average Bonchev–Trinajstić information content (AvgIpc) is 2.59. The lowest BCUT2D eigenvalue weighted by Gasteiger charge is -2.28. The molecule has 6 heteroatoms. The summed E-state index contributed by atoms with van der Waals surface area (Å²) in [7, 11) is 0. The predicted molar refractivity (Wildman–Crippen MR) is 105 cm³/mol. The molecule has 6 nitrogen and oxygen atoms in total. The van der Waals surface area contributed by atoms with Gasteiger partial charge in [0.05, 0.1) is 0 Å². The summed E-state index contributed by atoms with van der Waals surface area (Å²) < 4.78 is 5.15. The van der Waals surface area contributed by atoms with Crippen molar-refractivity contribution in [3.63, 3.8) is 0 Å². The van der Waals surface area contributed by atoms with Crippen molar-refractivity contribution >= 4 is 23.4 Å². The maximum absolute atomic E-state index is 12.0. The Bertz CT molecular complexity index is 587. The molecule has 1 aromatic rings. The van der Waals surface area contributed by atoms with Crippen molar-refractivity contribution in [1.82, 2.24) is 5.32 Å². The van der Waals surface area contributed by atoms with Crippen LogP contribution in [0.1, 0.15) is 52.9 Å². The summed E-state index contributed by atoms with van der Waals surface area (Å²) in [6.07, 6.45) is 4.27. The molecule has 2 amide bonds. The number of anilines is 2. The average molecular weight is 361 g/mol. The quantitative estimate of drug-likeness (QED) is 0.754. The maximum atomic E-state index is 12.0. The van der Waals surface area contributed by atoms with E-state index in [2.05, 4.69) is 27.7 Å². The smallest absolute Gasteiger partial charge is 0.407 e. The number of ether oxygens (including phenoxy) is 1. The zero-order valence-electron chi connectivity index (χ0n) is 16.1. The predicted octanol–water partition coefficient (Wildman–Crippen LogP) is 3.92. The number of hydrogen-bond donors (Lipinski definition) is 2. The lowest BCUT2D eigenvalue weighted by atomic mass is 10.1. The van der Waals surface area contributed by atoms with Crippen LogP contribution in [-0.2, 0) is 9.53 Å². The molecule has 2 rings (SSSR count). The number of nitrogens with one attached hydrogen (secondary N) is 2.